The Kier molecular flexibility index (Phi) is 2.33. The molecule has 0 saturated heterocycles. The van der Waals surface area contributed by atoms with Crippen molar-refractivity contribution in [3.05, 3.63) is 46.4 Å². The normalized spacial score (nSPS) is 9.75. The Bertz CT molecular complexity index is 352. The topological polar surface area (TPSA) is 42.2 Å². The fraction of sp³-hybridized carbons (Fsp3) is 0.222. The van der Waals surface area contributed by atoms with Crippen LogP contribution in [-0.4, -0.2) is 9.94 Å². The first-order valence-corrected chi connectivity index (χ1v) is 3.68. The maximum Gasteiger partial charge on any atom is 0.283 e. The van der Waals surface area contributed by atoms with Crippen molar-refractivity contribution in [3.63, 3.8) is 0 Å². The molecule has 0 amide bonds. The van der Waals surface area contributed by atoms with Gasteiger partial charge in [0.1, 0.15) is 0 Å². The summed E-state index contributed by atoms with van der Waals surface area (Å²) in [6, 6.07) is 3.13. The van der Waals surface area contributed by atoms with Gasteiger partial charge in [-0.25, -0.2) is 0 Å². The predicted molar refractivity (Wildman–Crippen MR) is 46.5 cm³/mol. The molecule has 0 aliphatic heterocycles. The molecule has 0 aliphatic carbocycles. The lowest BCUT2D eigenvalue weighted by Crippen LogP contribution is -2.20. The third-order valence-corrected chi connectivity index (χ3v) is 1.58. The lowest BCUT2D eigenvalue weighted by molar-refractivity contribution is 0.166. The highest BCUT2D eigenvalue weighted by Crippen LogP contribution is 2.00. The zero-order valence-corrected chi connectivity index (χ0v) is 6.95. The maximum absolute atomic E-state index is 11.0. The summed E-state index contributed by atoms with van der Waals surface area (Å²) in [4.78, 5) is 11.0. The van der Waals surface area contributed by atoms with Gasteiger partial charge in [0.15, 0.2) is 0 Å². The summed E-state index contributed by atoms with van der Waals surface area (Å²) in [6.45, 7) is 5.34. The van der Waals surface area contributed by atoms with Crippen LogP contribution in [0.4, 0.5) is 0 Å². The predicted octanol–water partition coefficient (Wildman–Crippen LogP) is 1.12. The monoisotopic (exact) mass is 165 g/mol. The minimum atomic E-state index is -0.396. The van der Waals surface area contributed by atoms with E-state index in [0.717, 1.165) is 5.56 Å². The summed E-state index contributed by atoms with van der Waals surface area (Å²) in [7, 11) is 0. The van der Waals surface area contributed by atoms with Crippen LogP contribution in [0.15, 0.2) is 29.6 Å². The van der Waals surface area contributed by atoms with Crippen LogP contribution in [0.25, 0.3) is 0 Å². The van der Waals surface area contributed by atoms with Gasteiger partial charge >= 0.3 is 0 Å². The molecule has 64 valence electrons. The van der Waals surface area contributed by atoms with Gasteiger partial charge < -0.3 is 5.21 Å². The Morgan fingerprint density at radius 2 is 2.33 bits per heavy atom. The van der Waals surface area contributed by atoms with Crippen molar-refractivity contribution < 1.29 is 5.21 Å². The highest BCUT2D eigenvalue weighted by Gasteiger charge is 2.00. The van der Waals surface area contributed by atoms with Crippen LogP contribution in [0, 0.1) is 6.92 Å². The number of aromatic nitrogens is 1. The summed E-state index contributed by atoms with van der Waals surface area (Å²) in [5.74, 6) is 0. The van der Waals surface area contributed by atoms with Crippen molar-refractivity contribution in [3.8, 4) is 0 Å². The standard InChI is InChI=1S/C9H11NO2/c1-3-4-8-5-7(2)6-9(11)10(8)12/h3,5-6,12H,1,4H2,2H3. The smallest absolute Gasteiger partial charge is 0.283 e. The van der Waals surface area contributed by atoms with Crippen molar-refractivity contribution in [2.45, 2.75) is 13.3 Å². The van der Waals surface area contributed by atoms with E-state index in [0.29, 0.717) is 16.8 Å². The van der Waals surface area contributed by atoms with Gasteiger partial charge in [-0.2, -0.15) is 4.73 Å². The summed E-state index contributed by atoms with van der Waals surface area (Å²) in [5, 5.41) is 9.21. The summed E-state index contributed by atoms with van der Waals surface area (Å²) in [6.07, 6.45) is 2.13. The molecular formula is C9H11NO2. The second-order valence-corrected chi connectivity index (χ2v) is 2.67. The van der Waals surface area contributed by atoms with Crippen molar-refractivity contribution >= 4 is 0 Å². The fourth-order valence-corrected chi connectivity index (χ4v) is 1.06. The number of aryl methyl sites for hydroxylation is 1. The van der Waals surface area contributed by atoms with E-state index in [1.807, 2.05) is 6.92 Å². The molecule has 3 heteroatoms. The van der Waals surface area contributed by atoms with Gasteiger partial charge in [-0.1, -0.05) is 6.08 Å². The van der Waals surface area contributed by atoms with Crippen LogP contribution in [0.5, 0.6) is 0 Å². The molecule has 3 nitrogen and oxygen atoms in total. The Morgan fingerprint density at radius 1 is 1.67 bits per heavy atom. The molecule has 0 bridgehead atoms. The molecule has 1 aromatic heterocycles. The van der Waals surface area contributed by atoms with Crippen molar-refractivity contribution in [1.29, 1.82) is 0 Å². The van der Waals surface area contributed by atoms with E-state index in [1.54, 1.807) is 12.1 Å². The average molecular weight is 165 g/mol. The first-order chi connectivity index (χ1) is 5.65. The highest BCUT2D eigenvalue weighted by molar-refractivity contribution is 5.17. The van der Waals surface area contributed by atoms with E-state index in [4.69, 9.17) is 0 Å². The largest absolute Gasteiger partial charge is 0.425 e. The Labute approximate surface area is 70.5 Å². The molecule has 0 radical (unpaired) electrons. The van der Waals surface area contributed by atoms with E-state index in [1.165, 1.54) is 6.07 Å². The number of pyridine rings is 1. The summed E-state index contributed by atoms with van der Waals surface area (Å²) >= 11 is 0. The van der Waals surface area contributed by atoms with Crippen molar-refractivity contribution in [1.82, 2.24) is 4.73 Å². The third kappa shape index (κ3) is 1.56. The molecule has 0 spiro atoms. The Balaban J connectivity index is 3.27. The second kappa shape index (κ2) is 3.26. The molecule has 0 saturated carbocycles. The van der Waals surface area contributed by atoms with Crippen LogP contribution >= 0.6 is 0 Å². The molecular weight excluding hydrogens is 154 g/mol. The molecule has 0 aliphatic rings. The third-order valence-electron chi connectivity index (χ3n) is 1.58. The maximum atomic E-state index is 11.0. The molecule has 0 aromatic carbocycles. The molecule has 0 unspecified atom stereocenters. The minimum Gasteiger partial charge on any atom is -0.425 e. The Morgan fingerprint density at radius 3 is 2.92 bits per heavy atom. The van der Waals surface area contributed by atoms with Gasteiger partial charge in [0, 0.05) is 12.5 Å². The quantitative estimate of drug-likeness (QED) is 0.527. The fourth-order valence-electron chi connectivity index (χ4n) is 1.06. The zero-order valence-electron chi connectivity index (χ0n) is 6.95. The second-order valence-electron chi connectivity index (χ2n) is 2.67. The van der Waals surface area contributed by atoms with Crippen molar-refractivity contribution in [2.75, 3.05) is 0 Å². The lowest BCUT2D eigenvalue weighted by atomic mass is 10.2. The van der Waals surface area contributed by atoms with Gasteiger partial charge in [-0.05, 0) is 18.6 Å². The summed E-state index contributed by atoms with van der Waals surface area (Å²) < 4.78 is 0.648. The molecule has 1 rings (SSSR count). The number of allylic oxidation sites excluding steroid dienone is 1. The first kappa shape index (κ1) is 8.59. The molecule has 1 aromatic rings. The SMILES string of the molecule is C=CCc1cc(C)cc(=O)n1O. The van der Waals surface area contributed by atoms with Gasteiger partial charge in [0.25, 0.3) is 5.56 Å². The van der Waals surface area contributed by atoms with E-state index in [9.17, 15) is 10.0 Å². The number of hydrogen-bond donors (Lipinski definition) is 1. The lowest BCUT2D eigenvalue weighted by Gasteiger charge is -2.03. The van der Waals surface area contributed by atoms with E-state index in [-0.39, 0.29) is 0 Å². The molecule has 12 heavy (non-hydrogen) atoms. The van der Waals surface area contributed by atoms with Crippen LogP contribution in [0.1, 0.15) is 11.3 Å². The summed E-state index contributed by atoms with van der Waals surface area (Å²) in [5.41, 5.74) is 1.02. The molecule has 1 N–H and O–H groups in total. The van der Waals surface area contributed by atoms with Gasteiger partial charge in [-0.15, -0.1) is 6.58 Å². The van der Waals surface area contributed by atoms with Crippen LogP contribution in [-0.2, 0) is 6.42 Å². The van der Waals surface area contributed by atoms with Gasteiger partial charge in [0.05, 0.1) is 5.69 Å². The van der Waals surface area contributed by atoms with Crippen LogP contribution in [0.3, 0.4) is 0 Å². The highest BCUT2D eigenvalue weighted by atomic mass is 16.5. The molecule has 0 atom stereocenters. The van der Waals surface area contributed by atoms with Gasteiger partial charge in [0.2, 0.25) is 0 Å². The first-order valence-electron chi connectivity index (χ1n) is 3.68. The number of rotatable bonds is 2. The van der Waals surface area contributed by atoms with Crippen LogP contribution in [0.2, 0.25) is 0 Å². The minimum absolute atomic E-state index is 0.396. The molecule has 0 fully saturated rings. The van der Waals surface area contributed by atoms with Gasteiger partial charge in [-0.3, -0.25) is 4.79 Å². The van der Waals surface area contributed by atoms with Crippen LogP contribution < -0.4 is 5.56 Å². The Hall–Kier alpha value is -1.51. The van der Waals surface area contributed by atoms with E-state index >= 15 is 0 Å². The van der Waals surface area contributed by atoms with E-state index in [2.05, 4.69) is 6.58 Å². The zero-order chi connectivity index (χ0) is 9.14. The number of nitrogens with zero attached hydrogens (tertiary/aromatic N) is 1. The van der Waals surface area contributed by atoms with Crippen molar-refractivity contribution in [2.24, 2.45) is 0 Å². The number of hydrogen-bond acceptors (Lipinski definition) is 2. The average Bonchev–Trinajstić information content (AvgIpc) is 2.00. The van der Waals surface area contributed by atoms with E-state index < -0.39 is 5.56 Å². The molecule has 1 heterocycles.